The molecule has 3 heterocycles. The number of piperidine rings is 1. The molecule has 0 bridgehead atoms. The van der Waals surface area contributed by atoms with Gasteiger partial charge in [-0.3, -0.25) is 4.79 Å². The second-order valence-electron chi connectivity index (χ2n) is 7.46. The molecule has 0 aromatic carbocycles. The Balaban J connectivity index is 1.82. The van der Waals surface area contributed by atoms with Crippen molar-refractivity contribution < 1.29 is 10.2 Å². The summed E-state index contributed by atoms with van der Waals surface area (Å²) in [5.41, 5.74) is 1.99. The van der Waals surface area contributed by atoms with Crippen molar-refractivity contribution in [3.63, 3.8) is 0 Å². The van der Waals surface area contributed by atoms with Gasteiger partial charge in [0.05, 0.1) is 23.5 Å². The molecule has 7 nitrogen and oxygen atoms in total. The van der Waals surface area contributed by atoms with E-state index in [4.69, 9.17) is 0 Å². The third-order valence-electron chi connectivity index (χ3n) is 6.03. The lowest BCUT2D eigenvalue weighted by Gasteiger charge is -2.48. The van der Waals surface area contributed by atoms with E-state index in [9.17, 15) is 20.3 Å². The maximum Gasteiger partial charge on any atom is 0.268 e. The SMILES string of the molecule is N#Cc1c(N2CCC3(CCC3)CC2)c2nc(C(O)CO)ccc2[nH]c1=O. The minimum absolute atomic E-state index is 0.0604. The molecule has 4 rings (SSSR count). The zero-order valence-electron chi connectivity index (χ0n) is 14.5. The van der Waals surface area contributed by atoms with Crippen LogP contribution in [-0.2, 0) is 0 Å². The Labute approximate surface area is 150 Å². The average Bonchev–Trinajstić information content (AvgIpc) is 2.64. The molecule has 1 aliphatic heterocycles. The van der Waals surface area contributed by atoms with E-state index in [1.54, 1.807) is 12.1 Å². The second-order valence-corrected chi connectivity index (χ2v) is 7.46. The second kappa shape index (κ2) is 6.38. The first-order valence-electron chi connectivity index (χ1n) is 9.08. The molecule has 1 saturated heterocycles. The van der Waals surface area contributed by atoms with E-state index >= 15 is 0 Å². The number of aliphatic hydroxyl groups excluding tert-OH is 2. The average molecular weight is 354 g/mol. The Morgan fingerprint density at radius 2 is 2.04 bits per heavy atom. The fourth-order valence-electron chi connectivity index (χ4n) is 4.24. The molecule has 3 N–H and O–H groups in total. The van der Waals surface area contributed by atoms with E-state index in [0.717, 1.165) is 25.9 Å². The molecule has 0 amide bonds. The maximum atomic E-state index is 12.4. The lowest BCUT2D eigenvalue weighted by Crippen LogP contribution is -2.44. The molecule has 2 aliphatic rings. The van der Waals surface area contributed by atoms with Crippen LogP contribution in [0.5, 0.6) is 0 Å². The van der Waals surface area contributed by atoms with Crippen molar-refractivity contribution in [3.05, 3.63) is 33.7 Å². The molecule has 1 saturated carbocycles. The summed E-state index contributed by atoms with van der Waals surface area (Å²) in [6.45, 7) is 1.15. The fraction of sp³-hybridized carbons (Fsp3) is 0.526. The first-order chi connectivity index (χ1) is 12.6. The predicted molar refractivity (Wildman–Crippen MR) is 96.9 cm³/mol. The third kappa shape index (κ3) is 2.66. The first-order valence-corrected chi connectivity index (χ1v) is 9.08. The van der Waals surface area contributed by atoms with Crippen LogP contribution < -0.4 is 10.5 Å². The standard InChI is InChI=1S/C19H22N4O3/c20-10-12-17(23-8-6-19(7-9-23)4-1-5-19)16-14(22-18(12)26)3-2-13(21-16)15(25)11-24/h2-3,15,24-25H,1,4-9,11H2,(H,22,26). The highest BCUT2D eigenvalue weighted by atomic mass is 16.3. The summed E-state index contributed by atoms with van der Waals surface area (Å²) in [5, 5.41) is 28.7. The van der Waals surface area contributed by atoms with Crippen molar-refractivity contribution in [3.8, 4) is 6.07 Å². The van der Waals surface area contributed by atoms with Gasteiger partial charge in [-0.2, -0.15) is 5.26 Å². The van der Waals surface area contributed by atoms with Crippen molar-refractivity contribution in [2.75, 3.05) is 24.6 Å². The number of aliphatic hydroxyl groups is 2. The number of fused-ring (bicyclic) bond motifs is 1. The van der Waals surface area contributed by atoms with Gasteiger partial charge in [-0.25, -0.2) is 4.98 Å². The lowest BCUT2D eigenvalue weighted by atomic mass is 9.63. The Morgan fingerprint density at radius 1 is 1.31 bits per heavy atom. The van der Waals surface area contributed by atoms with E-state index in [1.807, 2.05) is 6.07 Å². The van der Waals surface area contributed by atoms with Gasteiger partial charge in [0.1, 0.15) is 23.3 Å². The highest BCUT2D eigenvalue weighted by Crippen LogP contribution is 2.49. The number of rotatable bonds is 3. The monoisotopic (exact) mass is 354 g/mol. The smallest absolute Gasteiger partial charge is 0.268 e. The van der Waals surface area contributed by atoms with Crippen LogP contribution in [0.3, 0.4) is 0 Å². The molecular formula is C19H22N4O3. The third-order valence-corrected chi connectivity index (χ3v) is 6.03. The molecule has 1 spiro atoms. The summed E-state index contributed by atoms with van der Waals surface area (Å²) in [4.78, 5) is 21.6. The van der Waals surface area contributed by atoms with Gasteiger partial charge in [-0.15, -0.1) is 0 Å². The van der Waals surface area contributed by atoms with Crippen molar-refractivity contribution in [1.82, 2.24) is 9.97 Å². The summed E-state index contributed by atoms with van der Waals surface area (Å²) in [6, 6.07) is 5.27. The van der Waals surface area contributed by atoms with E-state index in [2.05, 4.69) is 14.9 Å². The van der Waals surface area contributed by atoms with Crippen LogP contribution in [0.1, 0.15) is 49.5 Å². The molecule has 1 unspecified atom stereocenters. The van der Waals surface area contributed by atoms with Crippen LogP contribution in [0.4, 0.5) is 5.69 Å². The van der Waals surface area contributed by atoms with Gasteiger partial charge in [-0.05, 0) is 43.2 Å². The first kappa shape index (κ1) is 17.0. The van der Waals surface area contributed by atoms with Gasteiger partial charge in [0, 0.05) is 13.1 Å². The minimum atomic E-state index is -1.09. The van der Waals surface area contributed by atoms with Crippen molar-refractivity contribution in [2.24, 2.45) is 5.41 Å². The number of nitriles is 1. The van der Waals surface area contributed by atoms with Crippen LogP contribution in [0.2, 0.25) is 0 Å². The maximum absolute atomic E-state index is 12.4. The minimum Gasteiger partial charge on any atom is -0.393 e. The molecule has 1 aliphatic carbocycles. The number of anilines is 1. The number of nitrogens with zero attached hydrogens (tertiary/aromatic N) is 3. The lowest BCUT2D eigenvalue weighted by molar-refractivity contribution is 0.0925. The Hall–Kier alpha value is -2.43. The molecular weight excluding hydrogens is 332 g/mol. The molecule has 136 valence electrons. The van der Waals surface area contributed by atoms with Crippen LogP contribution in [-0.4, -0.2) is 39.9 Å². The Kier molecular flexibility index (Phi) is 4.17. The zero-order chi connectivity index (χ0) is 18.3. The fourth-order valence-corrected chi connectivity index (χ4v) is 4.24. The molecule has 7 heteroatoms. The molecule has 0 radical (unpaired) electrons. The van der Waals surface area contributed by atoms with Gasteiger partial charge < -0.3 is 20.1 Å². The van der Waals surface area contributed by atoms with E-state index in [1.165, 1.54) is 19.3 Å². The van der Waals surface area contributed by atoms with Gasteiger partial charge in [0.15, 0.2) is 0 Å². The van der Waals surface area contributed by atoms with Crippen molar-refractivity contribution in [1.29, 1.82) is 5.26 Å². The summed E-state index contributed by atoms with van der Waals surface area (Å²) in [7, 11) is 0. The van der Waals surface area contributed by atoms with Crippen LogP contribution >= 0.6 is 0 Å². The van der Waals surface area contributed by atoms with E-state index in [-0.39, 0.29) is 5.56 Å². The van der Waals surface area contributed by atoms with E-state index < -0.39 is 18.3 Å². The van der Waals surface area contributed by atoms with Crippen LogP contribution in [0.25, 0.3) is 11.0 Å². The highest BCUT2D eigenvalue weighted by Gasteiger charge is 2.40. The number of aromatic amines is 1. The number of hydrogen-bond donors (Lipinski definition) is 3. The molecule has 2 aromatic rings. The zero-order valence-corrected chi connectivity index (χ0v) is 14.5. The molecule has 2 aromatic heterocycles. The number of H-pyrrole nitrogens is 1. The quantitative estimate of drug-likeness (QED) is 0.771. The largest absolute Gasteiger partial charge is 0.393 e. The molecule has 2 fully saturated rings. The number of aromatic nitrogens is 2. The highest BCUT2D eigenvalue weighted by molar-refractivity contribution is 5.91. The number of hydrogen-bond acceptors (Lipinski definition) is 6. The Morgan fingerprint density at radius 3 is 2.62 bits per heavy atom. The van der Waals surface area contributed by atoms with Gasteiger partial charge >= 0.3 is 0 Å². The summed E-state index contributed by atoms with van der Waals surface area (Å²) in [6.07, 6.45) is 4.86. The normalized spacial score (nSPS) is 20.0. The number of nitrogens with one attached hydrogen (secondary N) is 1. The summed E-state index contributed by atoms with van der Waals surface area (Å²) >= 11 is 0. The Bertz CT molecular complexity index is 932. The van der Waals surface area contributed by atoms with Crippen molar-refractivity contribution in [2.45, 2.75) is 38.2 Å². The molecule has 1 atom stereocenters. The predicted octanol–water partition coefficient (Wildman–Crippen LogP) is 1.59. The molecule has 26 heavy (non-hydrogen) atoms. The van der Waals surface area contributed by atoms with Gasteiger partial charge in [0.25, 0.3) is 5.56 Å². The van der Waals surface area contributed by atoms with Crippen LogP contribution in [0.15, 0.2) is 16.9 Å². The topological polar surface area (TPSA) is 113 Å². The van der Waals surface area contributed by atoms with Crippen molar-refractivity contribution >= 4 is 16.7 Å². The van der Waals surface area contributed by atoms with E-state index in [0.29, 0.717) is 27.8 Å². The van der Waals surface area contributed by atoms with Gasteiger partial charge in [-0.1, -0.05) is 6.42 Å². The summed E-state index contributed by atoms with van der Waals surface area (Å²) in [5.74, 6) is 0. The van der Waals surface area contributed by atoms with Crippen LogP contribution in [0, 0.1) is 16.7 Å². The summed E-state index contributed by atoms with van der Waals surface area (Å²) < 4.78 is 0. The van der Waals surface area contributed by atoms with Gasteiger partial charge in [0.2, 0.25) is 0 Å². The number of pyridine rings is 2.